The van der Waals surface area contributed by atoms with Gasteiger partial charge in [0.15, 0.2) is 0 Å². The van der Waals surface area contributed by atoms with Crippen molar-refractivity contribution in [3.05, 3.63) is 42.5 Å². The highest BCUT2D eigenvalue weighted by Crippen LogP contribution is 2.30. The van der Waals surface area contributed by atoms with E-state index in [2.05, 4.69) is 33.2 Å². The Morgan fingerprint density at radius 2 is 1.73 bits per heavy atom. The molecular weight excluding hydrogens is 644 g/mol. The van der Waals surface area contributed by atoms with E-state index in [0.29, 0.717) is 50.9 Å². The van der Waals surface area contributed by atoms with Gasteiger partial charge in [-0.1, -0.05) is 77.7 Å². The minimum Gasteiger partial charge on any atom is -0.346 e. The Bertz CT molecular complexity index is 1300. The third-order valence-electron chi connectivity index (χ3n) is 9.44. The van der Waals surface area contributed by atoms with Gasteiger partial charge in [-0.05, 0) is 55.1 Å². The molecule has 12 nitrogen and oxygen atoms in total. The van der Waals surface area contributed by atoms with E-state index in [1.54, 1.807) is 4.90 Å². The van der Waals surface area contributed by atoms with Crippen molar-refractivity contribution in [3.8, 4) is 0 Å². The molecular formula is C36H56N6O6S. The molecule has 1 saturated heterocycles. The minimum atomic E-state index is -1.00. The van der Waals surface area contributed by atoms with Gasteiger partial charge in [-0.15, -0.1) is 6.58 Å². The van der Waals surface area contributed by atoms with E-state index in [1.165, 1.54) is 6.08 Å². The van der Waals surface area contributed by atoms with E-state index in [-0.39, 0.29) is 36.2 Å². The van der Waals surface area contributed by atoms with E-state index in [0.717, 1.165) is 42.6 Å². The Morgan fingerprint density at radius 3 is 2.39 bits per heavy atom. The number of hydrogen-bond donors (Lipinski definition) is 6. The van der Waals surface area contributed by atoms with E-state index >= 15 is 0 Å². The third kappa shape index (κ3) is 11.9. The summed E-state index contributed by atoms with van der Waals surface area (Å²) >= 11 is 0.700. The molecule has 0 radical (unpaired) electrons. The van der Waals surface area contributed by atoms with Gasteiger partial charge in [-0.25, -0.2) is 4.79 Å². The minimum absolute atomic E-state index is 0.0713. The number of likely N-dealkylation sites (tertiary alicyclic amines) is 1. The van der Waals surface area contributed by atoms with Crippen LogP contribution in [0.3, 0.4) is 0 Å². The Morgan fingerprint density at radius 1 is 1.02 bits per heavy atom. The number of nitrogens with zero attached hydrogens (tertiary/aromatic N) is 1. The molecule has 3 rings (SSSR count). The molecule has 1 aromatic rings. The maximum absolute atomic E-state index is 14.3. The predicted octanol–water partition coefficient (Wildman–Crippen LogP) is 4.15. The molecule has 5 amide bonds. The topological polar surface area (TPSA) is 169 Å². The monoisotopic (exact) mass is 700 g/mol. The van der Waals surface area contributed by atoms with Crippen molar-refractivity contribution in [2.45, 2.75) is 121 Å². The van der Waals surface area contributed by atoms with Crippen molar-refractivity contribution < 1.29 is 28.5 Å². The van der Waals surface area contributed by atoms with E-state index in [9.17, 15) is 28.5 Å². The number of Topliss-reactive ketones (excluding diaryl/α,β-unsaturated/α-hetero) is 1. The van der Waals surface area contributed by atoms with E-state index in [1.807, 2.05) is 52.0 Å². The molecule has 4 atom stereocenters. The van der Waals surface area contributed by atoms with Gasteiger partial charge < -0.3 is 36.0 Å². The summed E-state index contributed by atoms with van der Waals surface area (Å²) in [5.41, 5.74) is 0.633. The second-order valence-electron chi connectivity index (χ2n) is 14.1. The van der Waals surface area contributed by atoms with Gasteiger partial charge in [-0.2, -0.15) is 0 Å². The summed E-state index contributed by atoms with van der Waals surface area (Å²) in [6, 6.07) is 4.20. The number of ketones is 1. The summed E-state index contributed by atoms with van der Waals surface area (Å²) in [7, 11) is 0. The Balaban J connectivity index is 1.72. The molecule has 1 heterocycles. The molecule has 0 spiro atoms. The number of amides is 5. The van der Waals surface area contributed by atoms with Crippen molar-refractivity contribution in [1.82, 2.24) is 31.5 Å². The van der Waals surface area contributed by atoms with Crippen LogP contribution >= 0.6 is 12.0 Å². The van der Waals surface area contributed by atoms with Gasteiger partial charge >= 0.3 is 6.03 Å². The average Bonchev–Trinajstić information content (AvgIpc) is 3.59. The molecule has 1 aliphatic heterocycles. The zero-order valence-corrected chi connectivity index (χ0v) is 30.3. The molecule has 2 aliphatic rings. The van der Waals surface area contributed by atoms with Crippen LogP contribution in [0.1, 0.15) is 91.0 Å². The van der Waals surface area contributed by atoms with Crippen molar-refractivity contribution in [2.24, 2.45) is 11.3 Å². The zero-order valence-electron chi connectivity index (χ0n) is 29.5. The lowest BCUT2D eigenvalue weighted by molar-refractivity contribution is -0.143. The quantitative estimate of drug-likeness (QED) is 0.0801. The SMILES string of the molecule is C=CCNC(=O)C(=O)C(CCC)NC(=O)C1CCCN1C(=O)C(NC(=O)NC(CNCc1ccccc1SO)C(C)(C)C)C1CCCCC1. The third-order valence-corrected chi connectivity index (χ3v) is 10.0. The molecule has 1 saturated carbocycles. The molecule has 272 valence electrons. The summed E-state index contributed by atoms with van der Waals surface area (Å²) in [5.74, 6) is -2.36. The van der Waals surface area contributed by atoms with Crippen molar-refractivity contribution in [2.75, 3.05) is 19.6 Å². The van der Waals surface area contributed by atoms with Crippen LogP contribution in [0.5, 0.6) is 0 Å². The first-order valence-electron chi connectivity index (χ1n) is 17.6. The summed E-state index contributed by atoms with van der Waals surface area (Å²) < 4.78 is 9.60. The molecule has 49 heavy (non-hydrogen) atoms. The maximum atomic E-state index is 14.3. The van der Waals surface area contributed by atoms with Gasteiger partial charge in [0.25, 0.3) is 5.91 Å². The van der Waals surface area contributed by atoms with Crippen molar-refractivity contribution in [3.63, 3.8) is 0 Å². The standard InChI is InChI=1S/C36H56N6O6S/c1-6-14-26(31(43)33(45)38-20-7-2)39-32(44)27-18-13-21-42(27)34(46)30(24-15-9-8-10-16-24)41-35(47)40-29(36(3,4)5)23-37-22-25-17-11-12-19-28(25)49-48/h7,11-12,17,19,24,26-27,29-30,37,48H,2,6,8-10,13-16,18,20-23H2,1,3-5H3,(H,38,45)(H,39,44)(H2,40,41,47). The fraction of sp³-hybridized carbons (Fsp3) is 0.639. The van der Waals surface area contributed by atoms with Crippen LogP contribution in [0.4, 0.5) is 4.79 Å². The van der Waals surface area contributed by atoms with Gasteiger partial charge in [0, 0.05) is 49.2 Å². The Kier molecular flexibility index (Phi) is 16.1. The first-order valence-corrected chi connectivity index (χ1v) is 18.4. The van der Waals surface area contributed by atoms with Gasteiger partial charge in [-0.3, -0.25) is 19.2 Å². The van der Waals surface area contributed by atoms with E-state index in [4.69, 9.17) is 0 Å². The normalized spacial score (nSPS) is 18.6. The second kappa shape index (κ2) is 19.7. The molecule has 1 aromatic carbocycles. The molecule has 0 aromatic heterocycles. The van der Waals surface area contributed by atoms with Crippen molar-refractivity contribution in [1.29, 1.82) is 0 Å². The highest BCUT2D eigenvalue weighted by atomic mass is 32.2. The molecule has 4 unspecified atom stereocenters. The molecule has 0 bridgehead atoms. The maximum Gasteiger partial charge on any atom is 0.315 e. The summed E-state index contributed by atoms with van der Waals surface area (Å²) in [5, 5.41) is 14.7. The van der Waals surface area contributed by atoms with Gasteiger partial charge in [0.1, 0.15) is 12.1 Å². The van der Waals surface area contributed by atoms with Crippen LogP contribution in [-0.4, -0.2) is 82.8 Å². The van der Waals surface area contributed by atoms with Crippen LogP contribution in [-0.2, 0) is 25.7 Å². The Labute approximate surface area is 295 Å². The number of benzene rings is 1. The van der Waals surface area contributed by atoms with Crippen LogP contribution in [0.25, 0.3) is 0 Å². The summed E-state index contributed by atoms with van der Waals surface area (Å²) in [6.45, 7) is 13.0. The fourth-order valence-electron chi connectivity index (χ4n) is 6.57. The highest BCUT2D eigenvalue weighted by molar-refractivity contribution is 7.93. The van der Waals surface area contributed by atoms with Crippen LogP contribution < -0.4 is 26.6 Å². The van der Waals surface area contributed by atoms with Crippen LogP contribution in [0.15, 0.2) is 41.8 Å². The van der Waals surface area contributed by atoms with Crippen molar-refractivity contribution >= 4 is 41.6 Å². The highest BCUT2D eigenvalue weighted by Gasteiger charge is 2.42. The molecule has 13 heteroatoms. The number of carbonyl (C=O) groups is 5. The fourth-order valence-corrected chi connectivity index (χ4v) is 6.97. The summed E-state index contributed by atoms with van der Waals surface area (Å²) in [4.78, 5) is 69.0. The van der Waals surface area contributed by atoms with E-state index < -0.39 is 41.8 Å². The first kappa shape index (κ1) is 40.0. The Hall–Kier alpha value is -3.42. The number of carbonyl (C=O) groups excluding carboxylic acids is 5. The average molecular weight is 701 g/mol. The number of hydrogen-bond acceptors (Lipinski definition) is 8. The lowest BCUT2D eigenvalue weighted by atomic mass is 9.83. The lowest BCUT2D eigenvalue weighted by Gasteiger charge is -2.36. The van der Waals surface area contributed by atoms with Crippen LogP contribution in [0, 0.1) is 11.3 Å². The smallest absolute Gasteiger partial charge is 0.315 e. The predicted molar refractivity (Wildman–Crippen MR) is 192 cm³/mol. The zero-order chi connectivity index (χ0) is 36.0. The number of rotatable bonds is 17. The summed E-state index contributed by atoms with van der Waals surface area (Å²) in [6.07, 6.45) is 7.93. The largest absolute Gasteiger partial charge is 0.346 e. The molecule has 6 N–H and O–H groups in total. The molecule has 2 fully saturated rings. The molecule has 1 aliphatic carbocycles. The number of nitrogens with one attached hydrogen (secondary N) is 5. The second-order valence-corrected chi connectivity index (χ2v) is 14.8. The van der Waals surface area contributed by atoms with Gasteiger partial charge in [0.05, 0.1) is 6.04 Å². The van der Waals surface area contributed by atoms with Crippen LogP contribution in [0.2, 0.25) is 0 Å². The number of urea groups is 1. The van der Waals surface area contributed by atoms with Gasteiger partial charge in [0.2, 0.25) is 17.6 Å². The first-order chi connectivity index (χ1) is 23.4. The lowest BCUT2D eigenvalue weighted by Crippen LogP contribution is -2.60.